The molecule has 2 N–H and O–H groups in total. The monoisotopic (exact) mass is 556 g/mol. The van der Waals surface area contributed by atoms with Gasteiger partial charge in [-0.05, 0) is 50.8 Å². The molecule has 1 aromatic carbocycles. The zero-order valence-corrected chi connectivity index (χ0v) is 22.3. The summed E-state index contributed by atoms with van der Waals surface area (Å²) in [5.74, 6) is 0.769. The fourth-order valence-electron chi connectivity index (χ4n) is 2.88. The molecule has 178 valence electrons. The molecule has 8 nitrogen and oxygen atoms in total. The van der Waals surface area contributed by atoms with Crippen LogP contribution in [-0.2, 0) is 24.4 Å². The minimum absolute atomic E-state index is 0. The van der Waals surface area contributed by atoms with Gasteiger partial charge in [-0.1, -0.05) is 24.3 Å². The summed E-state index contributed by atoms with van der Waals surface area (Å²) >= 11 is 0. The second kappa shape index (κ2) is 13.3. The SMILES string of the molecule is CN=C(NCCCn1cc(C)cn1)NCc1ccc(CN(C)C(=O)OC(C)(C)C)cc1.I. The molecule has 0 saturated carbocycles. The number of nitrogens with one attached hydrogen (secondary N) is 2. The smallest absolute Gasteiger partial charge is 0.410 e. The Balaban J connectivity index is 0.00000512. The number of benzene rings is 1. The van der Waals surface area contributed by atoms with Gasteiger partial charge in [0.15, 0.2) is 5.96 Å². The Morgan fingerprint density at radius 2 is 1.84 bits per heavy atom. The highest BCUT2D eigenvalue weighted by Crippen LogP contribution is 2.12. The number of halogens is 1. The highest BCUT2D eigenvalue weighted by molar-refractivity contribution is 14.0. The van der Waals surface area contributed by atoms with Gasteiger partial charge in [0.05, 0.1) is 6.20 Å². The van der Waals surface area contributed by atoms with E-state index in [-0.39, 0.29) is 30.1 Å². The van der Waals surface area contributed by atoms with E-state index in [2.05, 4.69) is 32.9 Å². The Morgan fingerprint density at radius 3 is 2.41 bits per heavy atom. The van der Waals surface area contributed by atoms with E-state index in [9.17, 15) is 4.79 Å². The molecular formula is C23H37IN6O2. The average Bonchev–Trinajstić information content (AvgIpc) is 3.12. The van der Waals surface area contributed by atoms with Gasteiger partial charge in [-0.3, -0.25) is 9.67 Å². The van der Waals surface area contributed by atoms with Crippen molar-refractivity contribution in [1.29, 1.82) is 0 Å². The van der Waals surface area contributed by atoms with E-state index in [0.717, 1.165) is 36.6 Å². The molecule has 2 rings (SSSR count). The third-order valence-electron chi connectivity index (χ3n) is 4.45. The maximum Gasteiger partial charge on any atom is 0.410 e. The molecule has 0 saturated heterocycles. The molecule has 0 bridgehead atoms. The number of amides is 1. The van der Waals surface area contributed by atoms with Crippen LogP contribution in [0.1, 0.15) is 43.9 Å². The summed E-state index contributed by atoms with van der Waals surface area (Å²) in [5.41, 5.74) is 2.87. The van der Waals surface area contributed by atoms with Gasteiger partial charge >= 0.3 is 6.09 Å². The first-order valence-electron chi connectivity index (χ1n) is 10.6. The van der Waals surface area contributed by atoms with E-state index in [0.29, 0.717) is 13.1 Å². The fraction of sp³-hybridized carbons (Fsp3) is 0.522. The van der Waals surface area contributed by atoms with Gasteiger partial charge in [-0.2, -0.15) is 5.10 Å². The lowest BCUT2D eigenvalue weighted by molar-refractivity contribution is 0.0285. The van der Waals surface area contributed by atoms with Crippen molar-refractivity contribution < 1.29 is 9.53 Å². The second-order valence-electron chi connectivity index (χ2n) is 8.64. The molecule has 0 aliphatic heterocycles. The quantitative estimate of drug-likeness (QED) is 0.223. The van der Waals surface area contributed by atoms with Crippen LogP contribution in [0, 0.1) is 6.92 Å². The Hall–Kier alpha value is -2.30. The maximum atomic E-state index is 12.1. The van der Waals surface area contributed by atoms with Crippen molar-refractivity contribution in [3.8, 4) is 0 Å². The standard InChI is InChI=1S/C23H36N6O2.HI/c1-18-14-27-29(16-18)13-7-12-25-21(24-5)26-15-19-8-10-20(11-9-19)17-28(6)22(30)31-23(2,3)4;/h8-11,14,16H,7,12-13,15,17H2,1-6H3,(H2,24,25,26);1H. The normalized spacial score (nSPS) is 11.5. The fourth-order valence-corrected chi connectivity index (χ4v) is 2.88. The molecule has 0 spiro atoms. The Kier molecular flexibility index (Phi) is 11.5. The van der Waals surface area contributed by atoms with E-state index >= 15 is 0 Å². The molecule has 9 heteroatoms. The predicted molar refractivity (Wildman–Crippen MR) is 139 cm³/mol. The number of guanidine groups is 1. The molecule has 1 aromatic heterocycles. The lowest BCUT2D eigenvalue weighted by atomic mass is 10.1. The van der Waals surface area contributed by atoms with Gasteiger partial charge in [-0.15, -0.1) is 24.0 Å². The van der Waals surface area contributed by atoms with Gasteiger partial charge in [0.2, 0.25) is 0 Å². The Morgan fingerprint density at radius 1 is 1.19 bits per heavy atom. The molecule has 32 heavy (non-hydrogen) atoms. The molecule has 1 heterocycles. The number of aliphatic imine (C=N–C) groups is 1. The summed E-state index contributed by atoms with van der Waals surface area (Å²) < 4.78 is 7.34. The van der Waals surface area contributed by atoms with Crippen LogP contribution in [-0.4, -0.2) is 53.0 Å². The number of nitrogens with zero attached hydrogens (tertiary/aromatic N) is 4. The van der Waals surface area contributed by atoms with E-state index in [1.54, 1.807) is 19.0 Å². The zero-order valence-electron chi connectivity index (χ0n) is 20.0. The van der Waals surface area contributed by atoms with Crippen LogP contribution < -0.4 is 10.6 Å². The number of ether oxygens (including phenoxy) is 1. The van der Waals surface area contributed by atoms with Crippen LogP contribution in [0.3, 0.4) is 0 Å². The summed E-state index contributed by atoms with van der Waals surface area (Å²) in [7, 11) is 3.51. The summed E-state index contributed by atoms with van der Waals surface area (Å²) in [6.07, 6.45) is 4.55. The predicted octanol–water partition coefficient (Wildman–Crippen LogP) is 3.93. The molecule has 0 aliphatic carbocycles. The highest BCUT2D eigenvalue weighted by Gasteiger charge is 2.19. The number of aromatic nitrogens is 2. The van der Waals surface area contributed by atoms with Gasteiger partial charge in [0.1, 0.15) is 5.60 Å². The number of carbonyl (C=O) groups excluding carboxylic acids is 1. The van der Waals surface area contributed by atoms with Crippen molar-refractivity contribution in [1.82, 2.24) is 25.3 Å². The molecule has 2 aromatic rings. The first-order valence-corrected chi connectivity index (χ1v) is 10.6. The van der Waals surface area contributed by atoms with Crippen LogP contribution in [0.4, 0.5) is 4.79 Å². The number of hydrogen-bond donors (Lipinski definition) is 2. The van der Waals surface area contributed by atoms with Crippen molar-refractivity contribution in [2.45, 2.75) is 59.4 Å². The van der Waals surface area contributed by atoms with Gasteiger partial charge in [0.25, 0.3) is 0 Å². The minimum Gasteiger partial charge on any atom is -0.444 e. The average molecular weight is 556 g/mol. The van der Waals surface area contributed by atoms with Crippen molar-refractivity contribution in [2.24, 2.45) is 4.99 Å². The number of carbonyl (C=O) groups is 1. The lowest BCUT2D eigenvalue weighted by Crippen LogP contribution is -2.37. The van der Waals surface area contributed by atoms with Crippen molar-refractivity contribution in [2.75, 3.05) is 20.6 Å². The van der Waals surface area contributed by atoms with Gasteiger partial charge in [-0.25, -0.2) is 4.79 Å². The Bertz CT molecular complexity index is 858. The second-order valence-corrected chi connectivity index (χ2v) is 8.64. The van der Waals surface area contributed by atoms with Crippen LogP contribution in [0.2, 0.25) is 0 Å². The minimum atomic E-state index is -0.494. The summed E-state index contributed by atoms with van der Waals surface area (Å²) in [6.45, 7) is 10.5. The molecule has 0 fully saturated rings. The van der Waals surface area contributed by atoms with Gasteiger partial charge < -0.3 is 20.3 Å². The van der Waals surface area contributed by atoms with E-state index < -0.39 is 5.60 Å². The largest absolute Gasteiger partial charge is 0.444 e. The molecular weight excluding hydrogens is 519 g/mol. The van der Waals surface area contributed by atoms with Crippen LogP contribution >= 0.6 is 24.0 Å². The summed E-state index contributed by atoms with van der Waals surface area (Å²) in [4.78, 5) is 17.9. The molecule has 0 aliphatic rings. The number of aryl methyl sites for hydroxylation is 2. The van der Waals surface area contributed by atoms with Crippen molar-refractivity contribution >= 4 is 36.0 Å². The van der Waals surface area contributed by atoms with Crippen LogP contribution in [0.5, 0.6) is 0 Å². The van der Waals surface area contributed by atoms with Crippen LogP contribution in [0.25, 0.3) is 0 Å². The molecule has 0 radical (unpaired) electrons. The lowest BCUT2D eigenvalue weighted by Gasteiger charge is -2.24. The van der Waals surface area contributed by atoms with E-state index in [1.165, 1.54) is 5.56 Å². The zero-order chi connectivity index (χ0) is 22.9. The third kappa shape index (κ3) is 10.3. The summed E-state index contributed by atoms with van der Waals surface area (Å²) in [5, 5.41) is 10.9. The van der Waals surface area contributed by atoms with Crippen LogP contribution in [0.15, 0.2) is 41.7 Å². The molecule has 1 amide bonds. The van der Waals surface area contributed by atoms with Gasteiger partial charge in [0, 0.05) is 46.5 Å². The van der Waals surface area contributed by atoms with Crippen molar-refractivity contribution in [3.63, 3.8) is 0 Å². The number of hydrogen-bond acceptors (Lipinski definition) is 4. The van der Waals surface area contributed by atoms with Crippen molar-refractivity contribution in [3.05, 3.63) is 53.3 Å². The molecule has 0 unspecified atom stereocenters. The maximum absolute atomic E-state index is 12.1. The summed E-state index contributed by atoms with van der Waals surface area (Å²) in [6, 6.07) is 8.16. The first-order chi connectivity index (χ1) is 14.7. The van der Waals surface area contributed by atoms with E-state index in [4.69, 9.17) is 4.74 Å². The van der Waals surface area contributed by atoms with E-state index in [1.807, 2.05) is 56.9 Å². The third-order valence-corrected chi connectivity index (χ3v) is 4.45. The first kappa shape index (κ1) is 27.7. The highest BCUT2D eigenvalue weighted by atomic mass is 127. The Labute approximate surface area is 208 Å². The topological polar surface area (TPSA) is 83.8 Å². The number of rotatable bonds is 8. The molecule has 0 atom stereocenters.